The van der Waals surface area contributed by atoms with Gasteiger partial charge in [0.15, 0.2) is 5.75 Å². The van der Waals surface area contributed by atoms with Crippen molar-refractivity contribution in [3.05, 3.63) is 106 Å². The van der Waals surface area contributed by atoms with Crippen LogP contribution in [-0.2, 0) is 0 Å². The van der Waals surface area contributed by atoms with Crippen LogP contribution in [-0.4, -0.2) is 28.0 Å². The van der Waals surface area contributed by atoms with Crippen LogP contribution in [0.25, 0.3) is 22.2 Å². The van der Waals surface area contributed by atoms with Gasteiger partial charge in [0, 0.05) is 41.5 Å². The lowest BCUT2D eigenvalue weighted by molar-refractivity contribution is 0.102. The third-order valence-electron chi connectivity index (χ3n) is 5.73. The van der Waals surface area contributed by atoms with Crippen LogP contribution in [0, 0.1) is 12.7 Å². The standard InChI is InChI=1S/C28H21FN4O4/c1-16-25(17-3-5-18(29)6-4-17)27(34)21(15-31-16)28(35)32-19-7-9-20(10-8-19)37-23-13-14-30-22-11-12-24(36-2)33-26(22)23/h3-15H,1-2H3,(H,31,34)(H,32,35). The molecule has 3 heterocycles. The number of carbonyl (C=O) groups excluding carboxylic acids is 1. The zero-order valence-corrected chi connectivity index (χ0v) is 19.9. The zero-order valence-electron chi connectivity index (χ0n) is 19.9. The number of aromatic nitrogens is 3. The molecule has 0 spiro atoms. The lowest BCUT2D eigenvalue weighted by Gasteiger charge is -2.11. The summed E-state index contributed by atoms with van der Waals surface area (Å²) in [5.41, 5.74) is 2.57. The van der Waals surface area contributed by atoms with Crippen molar-refractivity contribution in [2.24, 2.45) is 0 Å². The maximum atomic E-state index is 13.3. The number of methoxy groups -OCH3 is 1. The maximum absolute atomic E-state index is 13.3. The highest BCUT2D eigenvalue weighted by atomic mass is 19.1. The number of ether oxygens (including phenoxy) is 2. The zero-order chi connectivity index (χ0) is 25.9. The number of amides is 1. The van der Waals surface area contributed by atoms with E-state index < -0.39 is 17.2 Å². The van der Waals surface area contributed by atoms with E-state index >= 15 is 0 Å². The van der Waals surface area contributed by atoms with Crippen molar-refractivity contribution in [3.8, 4) is 28.5 Å². The van der Waals surface area contributed by atoms with E-state index in [2.05, 4.69) is 20.3 Å². The van der Waals surface area contributed by atoms with Crippen molar-refractivity contribution in [2.75, 3.05) is 12.4 Å². The molecule has 0 aliphatic rings. The second-order valence-electron chi connectivity index (χ2n) is 8.15. The molecule has 1 amide bonds. The molecule has 2 N–H and O–H groups in total. The molecule has 0 radical (unpaired) electrons. The van der Waals surface area contributed by atoms with Crippen LogP contribution < -0.4 is 20.2 Å². The summed E-state index contributed by atoms with van der Waals surface area (Å²) in [6, 6.07) is 17.5. The van der Waals surface area contributed by atoms with Crippen LogP contribution in [0.4, 0.5) is 10.1 Å². The molecule has 0 aliphatic carbocycles. The number of fused-ring (bicyclic) bond motifs is 1. The van der Waals surface area contributed by atoms with Crippen LogP contribution in [0.15, 0.2) is 83.9 Å². The topological polar surface area (TPSA) is 106 Å². The van der Waals surface area contributed by atoms with Gasteiger partial charge in [-0.15, -0.1) is 0 Å². The molecule has 0 fully saturated rings. The van der Waals surface area contributed by atoms with Gasteiger partial charge in [0.2, 0.25) is 11.3 Å². The summed E-state index contributed by atoms with van der Waals surface area (Å²) >= 11 is 0. The number of nitrogens with zero attached hydrogens (tertiary/aromatic N) is 2. The molecule has 5 aromatic rings. The largest absolute Gasteiger partial charge is 0.481 e. The third-order valence-corrected chi connectivity index (χ3v) is 5.73. The summed E-state index contributed by atoms with van der Waals surface area (Å²) in [6.07, 6.45) is 2.99. The number of anilines is 1. The van der Waals surface area contributed by atoms with Gasteiger partial charge in [-0.25, -0.2) is 9.37 Å². The second kappa shape index (κ2) is 9.90. The molecule has 0 atom stereocenters. The fraction of sp³-hybridized carbons (Fsp3) is 0.0714. The highest BCUT2D eigenvalue weighted by Crippen LogP contribution is 2.29. The lowest BCUT2D eigenvalue weighted by atomic mass is 10.0. The summed E-state index contributed by atoms with van der Waals surface area (Å²) in [5.74, 6) is 0.473. The number of halogens is 1. The van der Waals surface area contributed by atoms with Crippen LogP contribution in [0.1, 0.15) is 16.1 Å². The minimum absolute atomic E-state index is 0.0615. The normalized spacial score (nSPS) is 10.8. The minimum atomic E-state index is -0.574. The molecule has 0 saturated carbocycles. The van der Waals surface area contributed by atoms with Gasteiger partial charge in [-0.1, -0.05) is 12.1 Å². The molecule has 0 bridgehead atoms. The van der Waals surface area contributed by atoms with Crippen LogP contribution in [0.2, 0.25) is 0 Å². The summed E-state index contributed by atoms with van der Waals surface area (Å²) < 4.78 is 24.5. The Hall–Kier alpha value is -5.05. The van der Waals surface area contributed by atoms with Crippen molar-refractivity contribution in [3.63, 3.8) is 0 Å². The number of rotatable bonds is 6. The Morgan fingerprint density at radius 1 is 1.00 bits per heavy atom. The van der Waals surface area contributed by atoms with Gasteiger partial charge in [-0.2, -0.15) is 0 Å². The molecule has 9 heteroatoms. The highest BCUT2D eigenvalue weighted by Gasteiger charge is 2.17. The van der Waals surface area contributed by atoms with Crippen molar-refractivity contribution in [1.29, 1.82) is 0 Å². The van der Waals surface area contributed by atoms with Gasteiger partial charge >= 0.3 is 0 Å². The number of hydrogen-bond donors (Lipinski definition) is 2. The van der Waals surface area contributed by atoms with E-state index in [1.165, 1.54) is 37.6 Å². The molecular weight excluding hydrogens is 475 g/mol. The predicted octanol–water partition coefficient (Wildman–Crippen LogP) is 5.49. The fourth-order valence-corrected chi connectivity index (χ4v) is 3.87. The average Bonchev–Trinajstić information content (AvgIpc) is 2.91. The van der Waals surface area contributed by atoms with Crippen LogP contribution >= 0.6 is 0 Å². The van der Waals surface area contributed by atoms with E-state index in [9.17, 15) is 14.0 Å². The molecule has 5 rings (SSSR count). The monoisotopic (exact) mass is 496 g/mol. The van der Waals surface area contributed by atoms with E-state index in [1.807, 2.05) is 0 Å². The molecule has 37 heavy (non-hydrogen) atoms. The number of nitrogens with one attached hydrogen (secondary N) is 2. The molecule has 2 aromatic carbocycles. The second-order valence-corrected chi connectivity index (χ2v) is 8.15. The van der Waals surface area contributed by atoms with Crippen molar-refractivity contribution in [1.82, 2.24) is 15.0 Å². The Kier molecular flexibility index (Phi) is 6.34. The number of benzene rings is 2. The smallest absolute Gasteiger partial charge is 0.261 e. The molecular formula is C28H21FN4O4. The Labute approximate surface area is 210 Å². The predicted molar refractivity (Wildman–Crippen MR) is 138 cm³/mol. The van der Waals surface area contributed by atoms with E-state index in [1.54, 1.807) is 55.6 Å². The van der Waals surface area contributed by atoms with Gasteiger partial charge in [-0.3, -0.25) is 14.6 Å². The number of aromatic amines is 1. The Balaban J connectivity index is 1.35. The number of aryl methyl sites for hydroxylation is 1. The fourth-order valence-electron chi connectivity index (χ4n) is 3.87. The van der Waals surface area contributed by atoms with Crippen LogP contribution in [0.3, 0.4) is 0 Å². The summed E-state index contributed by atoms with van der Waals surface area (Å²) in [5, 5.41) is 2.73. The SMILES string of the molecule is COc1ccc2nccc(Oc3ccc(NC(=O)c4c[nH]c(C)c(-c5ccc(F)cc5)c4=O)cc3)c2n1. The Morgan fingerprint density at radius 2 is 1.76 bits per heavy atom. The van der Waals surface area contributed by atoms with Crippen LogP contribution in [0.5, 0.6) is 17.4 Å². The molecule has 8 nitrogen and oxygen atoms in total. The highest BCUT2D eigenvalue weighted by molar-refractivity contribution is 6.04. The number of hydrogen-bond acceptors (Lipinski definition) is 6. The van der Waals surface area contributed by atoms with E-state index in [0.717, 1.165) is 0 Å². The number of H-pyrrole nitrogens is 1. The minimum Gasteiger partial charge on any atom is -0.481 e. The summed E-state index contributed by atoms with van der Waals surface area (Å²) in [6.45, 7) is 1.72. The van der Waals surface area contributed by atoms with Gasteiger partial charge in [-0.05, 0) is 55.0 Å². The first kappa shape index (κ1) is 23.7. The molecule has 0 aliphatic heterocycles. The molecule has 184 valence electrons. The van der Waals surface area contributed by atoms with E-state index in [4.69, 9.17) is 9.47 Å². The van der Waals surface area contributed by atoms with Gasteiger partial charge < -0.3 is 19.8 Å². The quantitative estimate of drug-likeness (QED) is 0.322. The van der Waals surface area contributed by atoms with Crippen molar-refractivity contribution in [2.45, 2.75) is 6.92 Å². The van der Waals surface area contributed by atoms with Gasteiger partial charge in [0.1, 0.15) is 22.6 Å². The molecule has 3 aromatic heterocycles. The number of carbonyl (C=O) groups is 1. The van der Waals surface area contributed by atoms with E-state index in [-0.39, 0.29) is 5.56 Å². The molecule has 0 unspecified atom stereocenters. The summed E-state index contributed by atoms with van der Waals surface area (Å²) in [7, 11) is 1.53. The third kappa shape index (κ3) is 4.87. The lowest BCUT2D eigenvalue weighted by Crippen LogP contribution is -2.23. The summed E-state index contributed by atoms with van der Waals surface area (Å²) in [4.78, 5) is 37.7. The Bertz CT molecular complexity index is 1670. The first-order valence-corrected chi connectivity index (χ1v) is 11.3. The average molecular weight is 496 g/mol. The first-order valence-electron chi connectivity index (χ1n) is 11.3. The maximum Gasteiger partial charge on any atom is 0.261 e. The first-order chi connectivity index (χ1) is 17.9. The van der Waals surface area contributed by atoms with Gasteiger partial charge in [0.25, 0.3) is 5.91 Å². The number of pyridine rings is 3. The van der Waals surface area contributed by atoms with E-state index in [0.29, 0.717) is 50.9 Å². The Morgan fingerprint density at radius 3 is 2.49 bits per heavy atom. The molecule has 0 saturated heterocycles. The van der Waals surface area contributed by atoms with Crippen molar-refractivity contribution >= 4 is 22.6 Å². The van der Waals surface area contributed by atoms with Gasteiger partial charge in [0.05, 0.1) is 12.6 Å². The van der Waals surface area contributed by atoms with Crippen molar-refractivity contribution < 1.29 is 18.7 Å².